The molecule has 0 aromatic heterocycles. The van der Waals surface area contributed by atoms with Crippen molar-refractivity contribution in [3.05, 3.63) is 77.1 Å². The van der Waals surface area contributed by atoms with Gasteiger partial charge in [0.2, 0.25) is 0 Å². The van der Waals surface area contributed by atoms with Crippen LogP contribution in [0.1, 0.15) is 40.7 Å². The number of benzene rings is 3. The van der Waals surface area contributed by atoms with Gasteiger partial charge in [0, 0.05) is 11.6 Å². The van der Waals surface area contributed by atoms with Crippen molar-refractivity contribution in [2.24, 2.45) is 0 Å². The smallest absolute Gasteiger partial charge is 0.196 e. The number of nitrogens with one attached hydrogen (secondary N) is 1. The standard InChI is InChI=1S/C24H21FN2O2/c25-23-8-3-16(15-26)12-22(23)24(28)19-5-4-18-14-21(7-6-17(18)13-19)29-11-9-20-2-1-10-27-20/h3-8,12-14,20,27H,1-2,9-11H2. The summed E-state index contributed by atoms with van der Waals surface area (Å²) < 4.78 is 20.0. The molecule has 3 aromatic carbocycles. The number of rotatable bonds is 6. The van der Waals surface area contributed by atoms with Gasteiger partial charge in [-0.25, -0.2) is 4.39 Å². The van der Waals surface area contributed by atoms with E-state index >= 15 is 0 Å². The van der Waals surface area contributed by atoms with Gasteiger partial charge in [-0.05, 0) is 73.0 Å². The number of nitriles is 1. The quantitative estimate of drug-likeness (QED) is 0.627. The molecule has 1 N–H and O–H groups in total. The molecule has 1 aliphatic rings. The van der Waals surface area contributed by atoms with E-state index in [1.807, 2.05) is 30.3 Å². The molecule has 0 amide bonds. The van der Waals surface area contributed by atoms with E-state index in [1.165, 1.54) is 25.0 Å². The largest absolute Gasteiger partial charge is 0.494 e. The second-order valence-corrected chi connectivity index (χ2v) is 7.29. The highest BCUT2D eigenvalue weighted by atomic mass is 19.1. The average Bonchev–Trinajstić information content (AvgIpc) is 3.27. The minimum absolute atomic E-state index is 0.0936. The topological polar surface area (TPSA) is 62.1 Å². The van der Waals surface area contributed by atoms with Crippen LogP contribution in [0.15, 0.2) is 54.6 Å². The van der Waals surface area contributed by atoms with E-state index in [4.69, 9.17) is 10.00 Å². The van der Waals surface area contributed by atoms with Crippen molar-refractivity contribution in [1.29, 1.82) is 5.26 Å². The first-order valence-electron chi connectivity index (χ1n) is 9.78. The van der Waals surface area contributed by atoms with E-state index < -0.39 is 11.6 Å². The Labute approximate surface area is 168 Å². The fourth-order valence-electron chi connectivity index (χ4n) is 3.70. The van der Waals surface area contributed by atoms with Gasteiger partial charge in [-0.2, -0.15) is 5.26 Å². The highest BCUT2D eigenvalue weighted by Crippen LogP contribution is 2.24. The van der Waals surface area contributed by atoms with Gasteiger partial charge in [0.1, 0.15) is 11.6 Å². The molecular formula is C24H21FN2O2. The molecule has 29 heavy (non-hydrogen) atoms. The van der Waals surface area contributed by atoms with E-state index in [0.717, 1.165) is 35.6 Å². The number of ether oxygens (including phenoxy) is 1. The summed E-state index contributed by atoms with van der Waals surface area (Å²) in [5, 5.41) is 14.3. The fourth-order valence-corrected chi connectivity index (χ4v) is 3.70. The van der Waals surface area contributed by atoms with Gasteiger partial charge in [0.25, 0.3) is 0 Å². The minimum atomic E-state index is -0.630. The highest BCUT2D eigenvalue weighted by molar-refractivity contribution is 6.11. The SMILES string of the molecule is N#Cc1ccc(F)c(C(=O)c2ccc3cc(OCCC4CCCN4)ccc3c2)c1. The molecule has 1 unspecified atom stereocenters. The van der Waals surface area contributed by atoms with Crippen LogP contribution < -0.4 is 10.1 Å². The Bertz CT molecular complexity index is 1100. The second kappa shape index (κ2) is 8.42. The number of ketones is 1. The first-order chi connectivity index (χ1) is 14.1. The number of carbonyl (C=O) groups excluding carboxylic acids is 1. The number of hydrogen-bond acceptors (Lipinski definition) is 4. The van der Waals surface area contributed by atoms with Gasteiger partial charge in [-0.1, -0.05) is 18.2 Å². The normalized spacial score (nSPS) is 15.9. The van der Waals surface area contributed by atoms with E-state index in [-0.39, 0.29) is 11.1 Å². The highest BCUT2D eigenvalue weighted by Gasteiger charge is 2.16. The van der Waals surface area contributed by atoms with Gasteiger partial charge in [-0.3, -0.25) is 4.79 Å². The van der Waals surface area contributed by atoms with Crippen LogP contribution in [0.25, 0.3) is 10.8 Å². The zero-order chi connectivity index (χ0) is 20.2. The molecule has 1 saturated heterocycles. The molecule has 1 heterocycles. The van der Waals surface area contributed by atoms with Crippen LogP contribution in [-0.2, 0) is 0 Å². The summed E-state index contributed by atoms with van der Waals surface area (Å²) >= 11 is 0. The van der Waals surface area contributed by atoms with E-state index in [0.29, 0.717) is 18.2 Å². The first kappa shape index (κ1) is 19.1. The molecule has 0 aliphatic carbocycles. The summed E-state index contributed by atoms with van der Waals surface area (Å²) in [6.45, 7) is 1.75. The molecule has 146 valence electrons. The van der Waals surface area contributed by atoms with Crippen LogP contribution in [0.2, 0.25) is 0 Å². The van der Waals surface area contributed by atoms with Crippen LogP contribution >= 0.6 is 0 Å². The third-order valence-corrected chi connectivity index (χ3v) is 5.31. The molecule has 1 aliphatic heterocycles. The van der Waals surface area contributed by atoms with Crippen molar-refractivity contribution in [3.63, 3.8) is 0 Å². The van der Waals surface area contributed by atoms with Gasteiger partial charge < -0.3 is 10.1 Å². The number of nitrogens with zero attached hydrogens (tertiary/aromatic N) is 1. The van der Waals surface area contributed by atoms with Crippen molar-refractivity contribution in [2.75, 3.05) is 13.2 Å². The average molecular weight is 388 g/mol. The Kier molecular flexibility index (Phi) is 5.55. The first-order valence-corrected chi connectivity index (χ1v) is 9.78. The number of fused-ring (bicyclic) bond motifs is 1. The van der Waals surface area contributed by atoms with Crippen LogP contribution in [0, 0.1) is 17.1 Å². The van der Waals surface area contributed by atoms with Gasteiger partial charge in [0.05, 0.1) is 23.8 Å². The maximum atomic E-state index is 14.1. The zero-order valence-electron chi connectivity index (χ0n) is 16.0. The monoisotopic (exact) mass is 388 g/mol. The lowest BCUT2D eigenvalue weighted by Gasteiger charge is -2.12. The Morgan fingerprint density at radius 2 is 1.97 bits per heavy atom. The molecule has 4 nitrogen and oxygen atoms in total. The Hall–Kier alpha value is -3.23. The summed E-state index contributed by atoms with van der Waals surface area (Å²) in [4.78, 5) is 12.7. The van der Waals surface area contributed by atoms with Crippen molar-refractivity contribution >= 4 is 16.6 Å². The van der Waals surface area contributed by atoms with Gasteiger partial charge in [-0.15, -0.1) is 0 Å². The third kappa shape index (κ3) is 4.28. The van der Waals surface area contributed by atoms with Crippen LogP contribution in [0.4, 0.5) is 4.39 Å². The number of hydrogen-bond donors (Lipinski definition) is 1. The lowest BCUT2D eigenvalue weighted by atomic mass is 9.98. The zero-order valence-corrected chi connectivity index (χ0v) is 16.0. The molecule has 1 atom stereocenters. The summed E-state index contributed by atoms with van der Waals surface area (Å²) in [7, 11) is 0. The van der Waals surface area contributed by atoms with Crippen LogP contribution in [-0.4, -0.2) is 25.0 Å². The maximum Gasteiger partial charge on any atom is 0.196 e. The molecule has 0 radical (unpaired) electrons. The predicted molar refractivity (Wildman–Crippen MR) is 110 cm³/mol. The lowest BCUT2D eigenvalue weighted by Crippen LogP contribution is -2.23. The van der Waals surface area contributed by atoms with E-state index in [2.05, 4.69) is 5.32 Å². The predicted octanol–water partition coefficient (Wildman–Crippen LogP) is 4.60. The lowest BCUT2D eigenvalue weighted by molar-refractivity contribution is 0.103. The molecule has 0 bridgehead atoms. The van der Waals surface area contributed by atoms with Crippen molar-refractivity contribution < 1.29 is 13.9 Å². The molecule has 0 saturated carbocycles. The molecule has 4 rings (SSSR count). The van der Waals surface area contributed by atoms with Crippen molar-refractivity contribution in [1.82, 2.24) is 5.32 Å². The molecule has 3 aromatic rings. The molecule has 5 heteroatoms. The number of carbonyl (C=O) groups is 1. The van der Waals surface area contributed by atoms with Gasteiger partial charge >= 0.3 is 0 Å². The summed E-state index contributed by atoms with van der Waals surface area (Å²) in [6.07, 6.45) is 3.42. The number of halogens is 1. The van der Waals surface area contributed by atoms with E-state index in [9.17, 15) is 9.18 Å². The Morgan fingerprint density at radius 3 is 2.76 bits per heavy atom. The Balaban J connectivity index is 1.51. The maximum absolute atomic E-state index is 14.1. The summed E-state index contributed by atoms with van der Waals surface area (Å²) in [6, 6.07) is 17.3. The second-order valence-electron chi connectivity index (χ2n) is 7.29. The van der Waals surface area contributed by atoms with E-state index in [1.54, 1.807) is 12.1 Å². The van der Waals surface area contributed by atoms with Gasteiger partial charge in [0.15, 0.2) is 5.78 Å². The minimum Gasteiger partial charge on any atom is -0.494 e. The van der Waals surface area contributed by atoms with Crippen LogP contribution in [0.5, 0.6) is 5.75 Å². The van der Waals surface area contributed by atoms with Crippen molar-refractivity contribution in [2.45, 2.75) is 25.3 Å². The molecule has 0 spiro atoms. The third-order valence-electron chi connectivity index (χ3n) is 5.31. The summed E-state index contributed by atoms with van der Waals surface area (Å²) in [5.74, 6) is -0.275. The van der Waals surface area contributed by atoms with Crippen LogP contribution in [0.3, 0.4) is 0 Å². The fraction of sp³-hybridized carbons (Fsp3) is 0.250. The molecule has 1 fully saturated rings. The molecular weight excluding hydrogens is 367 g/mol. The van der Waals surface area contributed by atoms with Crippen molar-refractivity contribution in [3.8, 4) is 11.8 Å². The summed E-state index contributed by atoms with van der Waals surface area (Å²) in [5.41, 5.74) is 0.543. The Morgan fingerprint density at radius 1 is 1.14 bits per heavy atom.